The molecule has 4 N–H and O–H groups in total. The van der Waals surface area contributed by atoms with Crippen molar-refractivity contribution in [3.63, 3.8) is 0 Å². The van der Waals surface area contributed by atoms with Gasteiger partial charge in [0.1, 0.15) is 6.04 Å². The van der Waals surface area contributed by atoms with E-state index in [1.165, 1.54) is 0 Å². The van der Waals surface area contributed by atoms with Gasteiger partial charge in [-0.3, -0.25) is 4.79 Å². The lowest BCUT2D eigenvalue weighted by molar-refractivity contribution is -0.175. The Kier molecular flexibility index (Phi) is 6.33. The number of carboxylic acids is 1. The van der Waals surface area contributed by atoms with Crippen molar-refractivity contribution in [1.82, 2.24) is 5.32 Å². The van der Waals surface area contributed by atoms with Gasteiger partial charge >= 0.3 is 18.1 Å². The van der Waals surface area contributed by atoms with Crippen LogP contribution in [0.3, 0.4) is 0 Å². The van der Waals surface area contributed by atoms with E-state index in [2.05, 4.69) is 0 Å². The summed E-state index contributed by atoms with van der Waals surface area (Å²) in [5.41, 5.74) is 6.96. The summed E-state index contributed by atoms with van der Waals surface area (Å²) in [6.07, 6.45) is -0.625. The normalized spacial score (nSPS) is 16.7. The quantitative estimate of drug-likeness (QED) is 0.666. The van der Waals surface area contributed by atoms with Gasteiger partial charge in [-0.15, -0.1) is 0 Å². The zero-order chi connectivity index (χ0) is 19.3. The molecule has 0 heterocycles. The second-order valence-electron chi connectivity index (χ2n) is 6.37. The number of alkyl halides is 3. The third-order valence-electron chi connectivity index (χ3n) is 4.50. The number of hydrogen-bond donors (Lipinski definition) is 3. The molecule has 1 saturated carbocycles. The molecule has 0 aromatic heterocycles. The largest absolute Gasteiger partial charge is 0.480 e. The third-order valence-corrected chi connectivity index (χ3v) is 4.50. The number of anilines is 2. The average molecular weight is 373 g/mol. The Hall–Kier alpha value is -2.45. The van der Waals surface area contributed by atoms with E-state index in [0.717, 1.165) is 32.1 Å². The number of para-hydroxylation sites is 2. The van der Waals surface area contributed by atoms with Crippen molar-refractivity contribution < 1.29 is 27.9 Å². The lowest BCUT2D eigenvalue weighted by Crippen LogP contribution is -2.54. The van der Waals surface area contributed by atoms with Crippen LogP contribution < -0.4 is 16.0 Å². The van der Waals surface area contributed by atoms with Gasteiger partial charge in [0, 0.05) is 12.6 Å². The van der Waals surface area contributed by atoms with Gasteiger partial charge in [0.15, 0.2) is 0 Å². The first-order chi connectivity index (χ1) is 12.2. The standard InChI is InChI=1S/C17H22F3N3O3/c18-17(19,20)16(26)22-13(15(24)25)10-23(11-6-2-1-3-7-11)14-9-5-4-8-12(14)21/h4-5,8-9,11,13H,1-3,6-7,10,21H2,(H,22,26)(H,24,25)/t13-/m1/s1. The Morgan fingerprint density at radius 1 is 1.23 bits per heavy atom. The first-order valence-corrected chi connectivity index (χ1v) is 8.41. The second-order valence-corrected chi connectivity index (χ2v) is 6.37. The van der Waals surface area contributed by atoms with Crippen molar-refractivity contribution in [2.24, 2.45) is 0 Å². The summed E-state index contributed by atoms with van der Waals surface area (Å²) in [6, 6.07) is 5.05. The number of aliphatic carboxylic acids is 1. The molecule has 0 aliphatic heterocycles. The van der Waals surface area contributed by atoms with Gasteiger partial charge in [-0.05, 0) is 25.0 Å². The molecule has 0 radical (unpaired) electrons. The van der Waals surface area contributed by atoms with Crippen LogP contribution in [0, 0.1) is 0 Å². The summed E-state index contributed by atoms with van der Waals surface area (Å²) in [4.78, 5) is 24.4. The Balaban J connectivity index is 2.27. The molecule has 1 aromatic rings. The molecule has 1 aliphatic rings. The Morgan fingerprint density at radius 2 is 1.85 bits per heavy atom. The van der Waals surface area contributed by atoms with Crippen LogP contribution >= 0.6 is 0 Å². The van der Waals surface area contributed by atoms with E-state index in [1.54, 1.807) is 34.5 Å². The summed E-state index contributed by atoms with van der Waals surface area (Å²) in [7, 11) is 0. The fourth-order valence-corrected chi connectivity index (χ4v) is 3.21. The Morgan fingerprint density at radius 3 is 2.38 bits per heavy atom. The lowest BCUT2D eigenvalue weighted by Gasteiger charge is -2.38. The highest BCUT2D eigenvalue weighted by atomic mass is 19.4. The van der Waals surface area contributed by atoms with Gasteiger partial charge in [-0.1, -0.05) is 31.4 Å². The van der Waals surface area contributed by atoms with Crippen molar-refractivity contribution in [3.05, 3.63) is 24.3 Å². The minimum atomic E-state index is -5.14. The fraction of sp³-hybridized carbons (Fsp3) is 0.529. The predicted molar refractivity (Wildman–Crippen MR) is 90.7 cm³/mol. The maximum Gasteiger partial charge on any atom is 0.471 e. The third kappa shape index (κ3) is 5.03. The maximum atomic E-state index is 12.5. The fourth-order valence-electron chi connectivity index (χ4n) is 3.21. The predicted octanol–water partition coefficient (Wildman–Crippen LogP) is 2.54. The van der Waals surface area contributed by atoms with Gasteiger partial charge < -0.3 is 21.1 Å². The van der Waals surface area contributed by atoms with Crippen LogP contribution in [0.5, 0.6) is 0 Å². The van der Waals surface area contributed by atoms with Crippen LogP contribution in [0.25, 0.3) is 0 Å². The maximum absolute atomic E-state index is 12.5. The van der Waals surface area contributed by atoms with Crippen molar-refractivity contribution in [2.75, 3.05) is 17.2 Å². The summed E-state index contributed by atoms with van der Waals surface area (Å²) < 4.78 is 37.5. The molecule has 2 rings (SSSR count). The number of carbonyl (C=O) groups is 2. The lowest BCUT2D eigenvalue weighted by atomic mass is 9.93. The van der Waals surface area contributed by atoms with Gasteiger partial charge in [0.05, 0.1) is 11.4 Å². The van der Waals surface area contributed by atoms with E-state index in [9.17, 15) is 27.9 Å². The van der Waals surface area contributed by atoms with Crippen molar-refractivity contribution in [2.45, 2.75) is 50.4 Å². The van der Waals surface area contributed by atoms with E-state index in [0.29, 0.717) is 11.4 Å². The molecule has 144 valence electrons. The highest BCUT2D eigenvalue weighted by Crippen LogP contribution is 2.31. The zero-order valence-corrected chi connectivity index (χ0v) is 14.1. The van der Waals surface area contributed by atoms with E-state index in [-0.39, 0.29) is 12.6 Å². The van der Waals surface area contributed by atoms with Gasteiger partial charge in [-0.2, -0.15) is 13.2 Å². The average Bonchev–Trinajstić information content (AvgIpc) is 2.59. The van der Waals surface area contributed by atoms with Crippen LogP contribution in [0.2, 0.25) is 0 Å². The number of nitrogens with zero attached hydrogens (tertiary/aromatic N) is 1. The molecule has 1 aliphatic carbocycles. The van der Waals surface area contributed by atoms with Crippen molar-refractivity contribution in [3.8, 4) is 0 Å². The Bertz CT molecular complexity index is 646. The van der Waals surface area contributed by atoms with E-state index in [4.69, 9.17) is 5.73 Å². The minimum Gasteiger partial charge on any atom is -0.480 e. The molecule has 9 heteroatoms. The first kappa shape index (κ1) is 19.9. The molecule has 6 nitrogen and oxygen atoms in total. The van der Waals surface area contributed by atoms with Crippen molar-refractivity contribution in [1.29, 1.82) is 0 Å². The second kappa shape index (κ2) is 8.29. The molecular formula is C17H22F3N3O3. The number of nitrogens with one attached hydrogen (secondary N) is 1. The molecule has 26 heavy (non-hydrogen) atoms. The highest BCUT2D eigenvalue weighted by Gasteiger charge is 2.41. The van der Waals surface area contributed by atoms with E-state index in [1.807, 2.05) is 0 Å². The van der Waals surface area contributed by atoms with Crippen molar-refractivity contribution >= 4 is 23.3 Å². The summed E-state index contributed by atoms with van der Waals surface area (Å²) in [5, 5.41) is 10.9. The molecule has 1 aromatic carbocycles. The number of halogens is 3. The zero-order valence-electron chi connectivity index (χ0n) is 14.1. The van der Waals surface area contributed by atoms with Crippen LogP contribution in [0.1, 0.15) is 32.1 Å². The molecule has 0 unspecified atom stereocenters. The molecule has 1 atom stereocenters. The van der Waals surface area contributed by atoms with Crippen LogP contribution in [-0.2, 0) is 9.59 Å². The Labute approximate surface area is 149 Å². The number of hydrogen-bond acceptors (Lipinski definition) is 4. The molecule has 0 spiro atoms. The van der Waals surface area contributed by atoms with Gasteiger partial charge in [0.2, 0.25) is 0 Å². The monoisotopic (exact) mass is 373 g/mol. The number of rotatable bonds is 6. The topological polar surface area (TPSA) is 95.7 Å². The number of benzene rings is 1. The number of nitrogens with two attached hydrogens (primary N) is 1. The molecule has 0 saturated heterocycles. The molecule has 0 bridgehead atoms. The number of carbonyl (C=O) groups excluding carboxylic acids is 1. The number of nitrogen functional groups attached to an aromatic ring is 1. The molecule has 1 amide bonds. The SMILES string of the molecule is Nc1ccccc1N(C[C@@H](NC(=O)C(F)(F)F)C(=O)O)C1CCCCC1. The van der Waals surface area contributed by atoms with E-state index >= 15 is 0 Å². The summed E-state index contributed by atoms with van der Waals surface area (Å²) >= 11 is 0. The summed E-state index contributed by atoms with van der Waals surface area (Å²) in [6.45, 7) is -0.296. The number of amides is 1. The highest BCUT2D eigenvalue weighted by molar-refractivity contribution is 5.87. The summed E-state index contributed by atoms with van der Waals surface area (Å²) in [5.74, 6) is -3.80. The molecule has 1 fully saturated rings. The van der Waals surface area contributed by atoms with E-state index < -0.39 is 24.1 Å². The number of carboxylic acid groups (broad SMARTS) is 1. The minimum absolute atomic E-state index is 0.0434. The van der Waals surface area contributed by atoms with Crippen LogP contribution in [0.4, 0.5) is 24.5 Å². The first-order valence-electron chi connectivity index (χ1n) is 8.41. The van der Waals surface area contributed by atoms with Crippen LogP contribution in [-0.4, -0.2) is 41.8 Å². The van der Waals surface area contributed by atoms with Gasteiger partial charge in [-0.25, -0.2) is 4.79 Å². The van der Waals surface area contributed by atoms with Gasteiger partial charge in [0.25, 0.3) is 0 Å². The smallest absolute Gasteiger partial charge is 0.471 e. The van der Waals surface area contributed by atoms with Crippen LogP contribution in [0.15, 0.2) is 24.3 Å². The molecular weight excluding hydrogens is 351 g/mol.